The van der Waals surface area contributed by atoms with E-state index in [1.165, 1.54) is 17.4 Å². The minimum Gasteiger partial charge on any atom is -0.289 e. The van der Waals surface area contributed by atoms with E-state index in [9.17, 15) is 9.59 Å². The topological polar surface area (TPSA) is 46.2 Å². The van der Waals surface area contributed by atoms with Crippen molar-refractivity contribution in [3.05, 3.63) is 77.0 Å². The lowest BCUT2D eigenvalue weighted by Gasteiger charge is -2.08. The molecule has 2 heterocycles. The molecule has 1 aliphatic rings. The van der Waals surface area contributed by atoms with Gasteiger partial charge >= 0.3 is 0 Å². The Labute approximate surface area is 143 Å². The van der Waals surface area contributed by atoms with Crippen molar-refractivity contribution in [1.29, 1.82) is 0 Å². The lowest BCUT2D eigenvalue weighted by molar-refractivity contribution is -0.123. The fourth-order valence-corrected chi connectivity index (χ4v) is 3.97. The van der Waals surface area contributed by atoms with Crippen LogP contribution in [0.2, 0.25) is 0 Å². The monoisotopic (exact) mass is 331 g/mol. The number of thiophene rings is 1. The number of rotatable bonds is 3. The van der Waals surface area contributed by atoms with E-state index in [1.807, 2.05) is 66.0 Å². The fourth-order valence-electron chi connectivity index (χ4n) is 2.86. The highest BCUT2D eigenvalue weighted by atomic mass is 32.1. The molecule has 3 aromatic rings. The summed E-state index contributed by atoms with van der Waals surface area (Å²) in [6.07, 6.45) is 1.38. The largest absolute Gasteiger partial charge is 0.289 e. The van der Waals surface area contributed by atoms with E-state index in [2.05, 4.69) is 5.32 Å². The molecule has 4 heteroatoms. The zero-order chi connectivity index (χ0) is 16.5. The second-order valence-electron chi connectivity index (χ2n) is 5.46. The number of imide groups is 1. The van der Waals surface area contributed by atoms with Crippen molar-refractivity contribution in [2.45, 2.75) is 0 Å². The van der Waals surface area contributed by atoms with Gasteiger partial charge in [-0.3, -0.25) is 14.9 Å². The third-order valence-electron chi connectivity index (χ3n) is 3.94. The molecule has 1 N–H and O–H groups in total. The third-order valence-corrected chi connectivity index (χ3v) is 4.95. The minimum atomic E-state index is -0.358. The SMILES string of the molecule is O=C1C=C(c2scc(-c3ccccc3)c2-c2ccccc2)C(=O)N1. The van der Waals surface area contributed by atoms with Crippen LogP contribution in [0.1, 0.15) is 4.88 Å². The average Bonchev–Trinajstić information content (AvgIpc) is 3.19. The molecule has 0 spiro atoms. The predicted octanol–water partition coefficient (Wildman–Crippen LogP) is 4.12. The lowest BCUT2D eigenvalue weighted by Crippen LogP contribution is -2.21. The molecule has 1 aliphatic heterocycles. The molecule has 0 aliphatic carbocycles. The Morgan fingerprint density at radius 1 is 0.792 bits per heavy atom. The Kier molecular flexibility index (Phi) is 3.59. The van der Waals surface area contributed by atoms with Gasteiger partial charge in [-0.25, -0.2) is 0 Å². The lowest BCUT2D eigenvalue weighted by atomic mass is 9.95. The van der Waals surface area contributed by atoms with Crippen molar-refractivity contribution in [3.8, 4) is 22.3 Å². The number of benzene rings is 2. The van der Waals surface area contributed by atoms with E-state index in [0.29, 0.717) is 5.57 Å². The van der Waals surface area contributed by atoms with Crippen LogP contribution >= 0.6 is 11.3 Å². The van der Waals surface area contributed by atoms with Crippen LogP contribution in [0.4, 0.5) is 0 Å². The zero-order valence-electron chi connectivity index (χ0n) is 12.7. The van der Waals surface area contributed by atoms with Gasteiger partial charge in [0, 0.05) is 22.1 Å². The summed E-state index contributed by atoms with van der Waals surface area (Å²) in [6, 6.07) is 20.0. The van der Waals surface area contributed by atoms with E-state index in [4.69, 9.17) is 0 Å². The molecule has 0 bridgehead atoms. The molecule has 0 fully saturated rings. The third kappa shape index (κ3) is 2.47. The van der Waals surface area contributed by atoms with Gasteiger partial charge in [0.15, 0.2) is 0 Å². The van der Waals surface area contributed by atoms with Crippen LogP contribution < -0.4 is 5.32 Å². The van der Waals surface area contributed by atoms with Crippen LogP contribution in [-0.2, 0) is 9.59 Å². The summed E-state index contributed by atoms with van der Waals surface area (Å²) >= 11 is 1.49. The second kappa shape index (κ2) is 5.91. The molecule has 0 saturated heterocycles. The van der Waals surface area contributed by atoms with Gasteiger partial charge in [-0.15, -0.1) is 11.3 Å². The van der Waals surface area contributed by atoms with Crippen molar-refractivity contribution >= 4 is 28.7 Å². The molecule has 0 saturated carbocycles. The van der Waals surface area contributed by atoms with Gasteiger partial charge in [0.1, 0.15) is 0 Å². The second-order valence-corrected chi connectivity index (χ2v) is 6.34. The van der Waals surface area contributed by atoms with E-state index < -0.39 is 0 Å². The van der Waals surface area contributed by atoms with Gasteiger partial charge in [0.2, 0.25) is 0 Å². The fraction of sp³-hybridized carbons (Fsp3) is 0. The highest BCUT2D eigenvalue weighted by molar-refractivity contribution is 7.12. The van der Waals surface area contributed by atoms with Gasteiger partial charge in [0.25, 0.3) is 11.8 Å². The summed E-state index contributed by atoms with van der Waals surface area (Å²) < 4.78 is 0. The van der Waals surface area contributed by atoms with Crippen molar-refractivity contribution < 1.29 is 9.59 Å². The van der Waals surface area contributed by atoms with Crippen LogP contribution in [0.25, 0.3) is 27.8 Å². The Bertz CT molecular complexity index is 956. The Balaban J connectivity index is 1.96. The summed E-state index contributed by atoms with van der Waals surface area (Å²) in [6.45, 7) is 0. The number of carbonyl (C=O) groups excluding carboxylic acids is 2. The molecule has 0 radical (unpaired) electrons. The van der Waals surface area contributed by atoms with Crippen LogP contribution in [0.3, 0.4) is 0 Å². The first-order chi connectivity index (χ1) is 11.7. The molecule has 1 aromatic heterocycles. The van der Waals surface area contributed by atoms with Gasteiger partial charge in [-0.1, -0.05) is 60.7 Å². The quantitative estimate of drug-likeness (QED) is 0.734. The first kappa shape index (κ1) is 14.6. The first-order valence-corrected chi connectivity index (χ1v) is 8.42. The summed E-state index contributed by atoms with van der Waals surface area (Å²) in [5.74, 6) is -0.692. The molecule has 116 valence electrons. The average molecular weight is 331 g/mol. The zero-order valence-corrected chi connectivity index (χ0v) is 13.5. The number of hydrogen-bond acceptors (Lipinski definition) is 3. The minimum absolute atomic E-state index is 0.335. The smallest absolute Gasteiger partial charge is 0.259 e. The van der Waals surface area contributed by atoms with E-state index in [-0.39, 0.29) is 11.8 Å². The normalized spacial score (nSPS) is 13.8. The van der Waals surface area contributed by atoms with Crippen molar-refractivity contribution in [3.63, 3.8) is 0 Å². The van der Waals surface area contributed by atoms with Crippen molar-refractivity contribution in [2.24, 2.45) is 0 Å². The van der Waals surface area contributed by atoms with Gasteiger partial charge in [0.05, 0.1) is 5.57 Å². The molecule has 0 unspecified atom stereocenters. The summed E-state index contributed by atoms with van der Waals surface area (Å²) in [5.41, 5.74) is 4.61. The molecular formula is C20H13NO2S. The molecule has 4 rings (SSSR count). The number of hydrogen-bond donors (Lipinski definition) is 1. The van der Waals surface area contributed by atoms with Crippen LogP contribution in [0.5, 0.6) is 0 Å². The van der Waals surface area contributed by atoms with Crippen LogP contribution in [0.15, 0.2) is 72.1 Å². The van der Waals surface area contributed by atoms with Gasteiger partial charge < -0.3 is 0 Å². The van der Waals surface area contributed by atoms with Crippen molar-refractivity contribution in [2.75, 3.05) is 0 Å². The summed E-state index contributed by atoms with van der Waals surface area (Å²) in [7, 11) is 0. The van der Waals surface area contributed by atoms with E-state index >= 15 is 0 Å². The van der Waals surface area contributed by atoms with E-state index in [1.54, 1.807) is 0 Å². The standard InChI is InChI=1S/C20H13NO2S/c22-17-11-15(20(23)21-17)19-18(14-9-5-2-6-10-14)16(12-24-19)13-7-3-1-4-8-13/h1-12H,(H,21,22,23). The van der Waals surface area contributed by atoms with E-state index in [0.717, 1.165) is 27.1 Å². The highest BCUT2D eigenvalue weighted by Gasteiger charge is 2.27. The molecule has 0 atom stereocenters. The maximum Gasteiger partial charge on any atom is 0.259 e. The van der Waals surface area contributed by atoms with Gasteiger partial charge in [-0.2, -0.15) is 0 Å². The maximum atomic E-state index is 12.1. The number of amides is 2. The van der Waals surface area contributed by atoms with Crippen LogP contribution in [-0.4, -0.2) is 11.8 Å². The summed E-state index contributed by atoms with van der Waals surface area (Å²) in [4.78, 5) is 24.5. The molecule has 3 nitrogen and oxygen atoms in total. The molecule has 2 amide bonds. The predicted molar refractivity (Wildman–Crippen MR) is 96.3 cm³/mol. The molecule has 24 heavy (non-hydrogen) atoms. The summed E-state index contributed by atoms with van der Waals surface area (Å²) in [5, 5.41) is 4.37. The van der Waals surface area contributed by atoms with Crippen molar-refractivity contribution in [1.82, 2.24) is 5.32 Å². The highest BCUT2D eigenvalue weighted by Crippen LogP contribution is 2.43. The first-order valence-electron chi connectivity index (χ1n) is 7.54. The maximum absolute atomic E-state index is 12.1. The van der Waals surface area contributed by atoms with Crippen LogP contribution in [0, 0.1) is 0 Å². The number of nitrogens with one attached hydrogen (secondary N) is 1. The Hall–Kier alpha value is -2.98. The Morgan fingerprint density at radius 2 is 1.42 bits per heavy atom. The number of carbonyl (C=O) groups is 2. The molecular weight excluding hydrogens is 318 g/mol. The molecule has 2 aromatic carbocycles. The van der Waals surface area contributed by atoms with Gasteiger partial charge in [-0.05, 0) is 16.5 Å². The Morgan fingerprint density at radius 3 is 2.00 bits per heavy atom.